The fourth-order valence-electron chi connectivity index (χ4n) is 2.85. The highest BCUT2D eigenvalue weighted by Crippen LogP contribution is 2.28. The molecule has 1 aromatic carbocycles. The molecule has 1 fully saturated rings. The third-order valence-corrected chi connectivity index (χ3v) is 4.78. The summed E-state index contributed by atoms with van der Waals surface area (Å²) < 4.78 is 0. The molecule has 0 aliphatic carbocycles. The van der Waals surface area contributed by atoms with Gasteiger partial charge in [-0.25, -0.2) is 0 Å². The van der Waals surface area contributed by atoms with Crippen LogP contribution in [-0.2, 0) is 4.79 Å². The lowest BCUT2D eigenvalue weighted by Crippen LogP contribution is -2.37. The minimum atomic E-state index is -0.625. The molecule has 1 heterocycles. The number of halogens is 2. The summed E-state index contributed by atoms with van der Waals surface area (Å²) in [5, 5.41) is 14.1. The topological polar surface area (TPSA) is 52.6 Å². The smallest absolute Gasteiger partial charge is 0.220 e. The third-order valence-electron chi connectivity index (χ3n) is 4.21. The van der Waals surface area contributed by atoms with Crippen LogP contribution in [0.15, 0.2) is 18.2 Å². The highest BCUT2D eigenvalue weighted by Gasteiger charge is 2.23. The minimum absolute atomic E-state index is 0.103. The van der Waals surface area contributed by atoms with E-state index in [0.29, 0.717) is 34.5 Å². The van der Waals surface area contributed by atoms with Gasteiger partial charge < -0.3 is 15.3 Å². The van der Waals surface area contributed by atoms with E-state index in [1.54, 1.807) is 25.2 Å². The predicted octanol–water partition coefficient (Wildman–Crippen LogP) is 2.87. The molecule has 0 spiro atoms. The van der Waals surface area contributed by atoms with Crippen LogP contribution >= 0.6 is 23.2 Å². The number of likely N-dealkylation sites (tertiary alicyclic amines) is 1. The Balaban J connectivity index is 1.84. The number of nitrogens with one attached hydrogen (secondary N) is 1. The molecule has 1 amide bonds. The number of rotatable bonds is 5. The number of aliphatic hydroxyl groups excluding tert-OH is 1. The van der Waals surface area contributed by atoms with Crippen molar-refractivity contribution in [2.45, 2.75) is 25.4 Å². The Labute approximate surface area is 141 Å². The third kappa shape index (κ3) is 4.85. The molecular formula is C16H22Cl2N2O2. The van der Waals surface area contributed by atoms with Crippen LogP contribution in [0.1, 0.15) is 30.9 Å². The number of nitrogens with zero attached hydrogens (tertiary/aromatic N) is 1. The molecule has 0 aromatic heterocycles. The van der Waals surface area contributed by atoms with Crippen LogP contribution in [-0.4, -0.2) is 42.6 Å². The van der Waals surface area contributed by atoms with Gasteiger partial charge in [0.05, 0.1) is 6.10 Å². The molecule has 1 aliphatic heterocycles. The van der Waals surface area contributed by atoms with Crippen molar-refractivity contribution < 1.29 is 9.90 Å². The van der Waals surface area contributed by atoms with Crippen molar-refractivity contribution in [2.75, 3.05) is 26.7 Å². The van der Waals surface area contributed by atoms with Gasteiger partial charge in [-0.15, -0.1) is 0 Å². The lowest BCUT2D eigenvalue weighted by Gasteiger charge is -2.33. The summed E-state index contributed by atoms with van der Waals surface area (Å²) in [6.07, 6.45) is 1.93. The van der Waals surface area contributed by atoms with Crippen LogP contribution in [0.3, 0.4) is 0 Å². The van der Waals surface area contributed by atoms with Crippen molar-refractivity contribution in [3.8, 4) is 0 Å². The monoisotopic (exact) mass is 344 g/mol. The molecular weight excluding hydrogens is 323 g/mol. The number of amides is 1. The number of piperidine rings is 1. The molecule has 22 heavy (non-hydrogen) atoms. The zero-order valence-corrected chi connectivity index (χ0v) is 14.2. The summed E-state index contributed by atoms with van der Waals surface area (Å²) >= 11 is 12.0. The molecule has 0 bridgehead atoms. The number of carbonyl (C=O) groups is 1. The first-order valence-corrected chi connectivity index (χ1v) is 8.31. The van der Waals surface area contributed by atoms with Gasteiger partial charge in [0.2, 0.25) is 5.91 Å². The van der Waals surface area contributed by atoms with Crippen molar-refractivity contribution >= 4 is 29.1 Å². The van der Waals surface area contributed by atoms with E-state index in [0.717, 1.165) is 25.9 Å². The van der Waals surface area contributed by atoms with Crippen molar-refractivity contribution in [1.29, 1.82) is 0 Å². The minimum Gasteiger partial charge on any atom is -0.387 e. The van der Waals surface area contributed by atoms with E-state index < -0.39 is 6.10 Å². The maximum absolute atomic E-state index is 11.4. The number of carbonyl (C=O) groups excluding carboxylic acids is 1. The molecule has 0 radical (unpaired) electrons. The van der Waals surface area contributed by atoms with Crippen molar-refractivity contribution in [1.82, 2.24) is 10.2 Å². The maximum atomic E-state index is 11.4. The van der Waals surface area contributed by atoms with Crippen LogP contribution in [0.5, 0.6) is 0 Å². The van der Waals surface area contributed by atoms with Gasteiger partial charge >= 0.3 is 0 Å². The molecule has 2 N–H and O–H groups in total. The zero-order chi connectivity index (χ0) is 16.1. The number of aliphatic hydroxyl groups is 1. The van der Waals surface area contributed by atoms with Gasteiger partial charge in [0.15, 0.2) is 0 Å². The van der Waals surface area contributed by atoms with E-state index in [2.05, 4.69) is 10.2 Å². The Morgan fingerprint density at radius 1 is 1.41 bits per heavy atom. The second-order valence-corrected chi connectivity index (χ2v) is 6.65. The molecule has 1 unspecified atom stereocenters. The molecule has 6 heteroatoms. The number of hydrogen-bond donors (Lipinski definition) is 2. The van der Waals surface area contributed by atoms with Gasteiger partial charge in [-0.2, -0.15) is 0 Å². The van der Waals surface area contributed by atoms with E-state index in [-0.39, 0.29) is 5.91 Å². The molecule has 1 aromatic rings. The van der Waals surface area contributed by atoms with E-state index >= 15 is 0 Å². The molecule has 1 atom stereocenters. The Kier molecular flexibility index (Phi) is 6.50. The lowest BCUT2D eigenvalue weighted by molar-refractivity contribution is -0.121. The Morgan fingerprint density at radius 3 is 2.68 bits per heavy atom. The summed E-state index contributed by atoms with van der Waals surface area (Å²) in [6.45, 7) is 2.34. The highest BCUT2D eigenvalue weighted by atomic mass is 35.5. The molecule has 1 saturated heterocycles. The standard InChI is InChI=1S/C16H22Cl2N2O2/c1-19-16(22)8-11-4-6-20(7-5-11)10-15(21)13-3-2-12(17)9-14(13)18/h2-3,9,11,15,21H,4-8,10H2,1H3,(H,19,22). The quantitative estimate of drug-likeness (QED) is 0.863. The van der Waals surface area contributed by atoms with Gasteiger partial charge in [0.1, 0.15) is 0 Å². The Morgan fingerprint density at radius 2 is 2.09 bits per heavy atom. The largest absolute Gasteiger partial charge is 0.387 e. The molecule has 0 saturated carbocycles. The summed E-state index contributed by atoms with van der Waals surface area (Å²) in [4.78, 5) is 13.6. The summed E-state index contributed by atoms with van der Waals surface area (Å²) in [5.74, 6) is 0.541. The molecule has 4 nitrogen and oxygen atoms in total. The van der Waals surface area contributed by atoms with Gasteiger partial charge in [-0.1, -0.05) is 29.3 Å². The van der Waals surface area contributed by atoms with Crippen molar-refractivity contribution in [2.24, 2.45) is 5.92 Å². The van der Waals surface area contributed by atoms with Crippen LogP contribution in [0.4, 0.5) is 0 Å². The van der Waals surface area contributed by atoms with E-state index in [9.17, 15) is 9.90 Å². The second-order valence-electron chi connectivity index (χ2n) is 5.80. The van der Waals surface area contributed by atoms with Crippen molar-refractivity contribution in [3.05, 3.63) is 33.8 Å². The van der Waals surface area contributed by atoms with Crippen LogP contribution < -0.4 is 5.32 Å². The number of hydrogen-bond acceptors (Lipinski definition) is 3. The highest BCUT2D eigenvalue weighted by molar-refractivity contribution is 6.35. The van der Waals surface area contributed by atoms with E-state index in [1.165, 1.54) is 0 Å². The fourth-order valence-corrected chi connectivity index (χ4v) is 3.39. The predicted molar refractivity (Wildman–Crippen MR) is 89.3 cm³/mol. The average molecular weight is 345 g/mol. The second kappa shape index (κ2) is 8.16. The Bertz CT molecular complexity index is 517. The summed E-state index contributed by atoms with van der Waals surface area (Å²) in [7, 11) is 1.67. The molecule has 122 valence electrons. The first-order chi connectivity index (χ1) is 10.5. The van der Waals surface area contributed by atoms with Crippen molar-refractivity contribution in [3.63, 3.8) is 0 Å². The van der Waals surface area contributed by atoms with Gasteiger partial charge in [0, 0.05) is 35.6 Å². The number of β-amino-alcohol motifs (C(OH)–C–C–N with tert-alkyl or cyclic N) is 1. The van der Waals surface area contributed by atoms with Crippen LogP contribution in [0.2, 0.25) is 10.0 Å². The summed E-state index contributed by atoms with van der Waals surface area (Å²) in [6, 6.07) is 5.16. The van der Waals surface area contributed by atoms with Crippen LogP contribution in [0.25, 0.3) is 0 Å². The van der Waals surface area contributed by atoms with E-state index in [1.807, 2.05) is 0 Å². The first kappa shape index (κ1) is 17.5. The maximum Gasteiger partial charge on any atom is 0.220 e. The lowest BCUT2D eigenvalue weighted by atomic mass is 9.93. The number of benzene rings is 1. The molecule has 1 aliphatic rings. The van der Waals surface area contributed by atoms with Gasteiger partial charge in [0.25, 0.3) is 0 Å². The summed E-state index contributed by atoms with van der Waals surface area (Å²) in [5.41, 5.74) is 0.707. The zero-order valence-electron chi connectivity index (χ0n) is 12.7. The molecule has 2 rings (SSSR count). The first-order valence-electron chi connectivity index (χ1n) is 7.55. The fraction of sp³-hybridized carbons (Fsp3) is 0.562. The Hall–Kier alpha value is -0.810. The van der Waals surface area contributed by atoms with Gasteiger partial charge in [-0.05, 0) is 44.0 Å². The van der Waals surface area contributed by atoms with Gasteiger partial charge in [-0.3, -0.25) is 4.79 Å². The SMILES string of the molecule is CNC(=O)CC1CCN(CC(O)c2ccc(Cl)cc2Cl)CC1. The average Bonchev–Trinajstić information content (AvgIpc) is 2.49. The van der Waals surface area contributed by atoms with E-state index in [4.69, 9.17) is 23.2 Å². The van der Waals surface area contributed by atoms with Crippen LogP contribution in [0, 0.1) is 5.92 Å². The normalized spacial score (nSPS) is 18.2.